The molecule has 4 nitrogen and oxygen atoms in total. The number of aliphatic carboxylic acids is 1. The van der Waals surface area contributed by atoms with Crippen LogP contribution in [-0.2, 0) is 22.4 Å². The average Bonchev–Trinajstić information content (AvgIpc) is 2.72. The van der Waals surface area contributed by atoms with Gasteiger partial charge in [-0.1, -0.05) is 26.0 Å². The van der Waals surface area contributed by atoms with Gasteiger partial charge in [0, 0.05) is 24.6 Å². The van der Waals surface area contributed by atoms with Gasteiger partial charge in [-0.3, -0.25) is 9.59 Å². The standard InChI is InChI=1S/C18H25NO3/c1-12(2)9-17(20)19-13(3)10-15-11-14(7-8-16(15)19)5-4-6-18(21)22/h7-8,11-13H,4-6,9-10H2,1-3H3,(H,21,22). The number of aryl methyl sites for hydroxylation is 1. The van der Waals surface area contributed by atoms with E-state index in [-0.39, 0.29) is 18.4 Å². The van der Waals surface area contributed by atoms with Crippen LogP contribution in [-0.4, -0.2) is 23.0 Å². The molecule has 0 spiro atoms. The third kappa shape index (κ3) is 3.87. The van der Waals surface area contributed by atoms with Gasteiger partial charge in [-0.05, 0) is 49.3 Å². The normalized spacial score (nSPS) is 16.9. The molecule has 0 radical (unpaired) electrons. The highest BCUT2D eigenvalue weighted by Crippen LogP contribution is 2.34. The topological polar surface area (TPSA) is 57.6 Å². The molecule has 1 aliphatic heterocycles. The summed E-state index contributed by atoms with van der Waals surface area (Å²) in [7, 11) is 0. The van der Waals surface area contributed by atoms with Crippen molar-refractivity contribution in [3.63, 3.8) is 0 Å². The first-order valence-corrected chi connectivity index (χ1v) is 8.04. The van der Waals surface area contributed by atoms with Crippen molar-refractivity contribution >= 4 is 17.6 Å². The van der Waals surface area contributed by atoms with Gasteiger partial charge in [0.15, 0.2) is 0 Å². The number of carbonyl (C=O) groups is 2. The quantitative estimate of drug-likeness (QED) is 0.876. The lowest BCUT2D eigenvalue weighted by Crippen LogP contribution is -2.36. The van der Waals surface area contributed by atoms with E-state index in [0.717, 1.165) is 24.1 Å². The molecule has 1 aliphatic rings. The van der Waals surface area contributed by atoms with E-state index >= 15 is 0 Å². The number of carboxylic acid groups (broad SMARTS) is 1. The number of amides is 1. The largest absolute Gasteiger partial charge is 0.481 e. The van der Waals surface area contributed by atoms with Crippen LogP contribution in [0.1, 0.15) is 51.2 Å². The Hall–Kier alpha value is -1.84. The number of fused-ring (bicyclic) bond motifs is 1. The van der Waals surface area contributed by atoms with Crippen LogP contribution in [0.15, 0.2) is 18.2 Å². The van der Waals surface area contributed by atoms with Gasteiger partial charge in [-0.2, -0.15) is 0 Å². The summed E-state index contributed by atoms with van der Waals surface area (Å²) in [5.41, 5.74) is 3.39. The highest BCUT2D eigenvalue weighted by atomic mass is 16.4. The summed E-state index contributed by atoms with van der Waals surface area (Å²) in [6.07, 6.45) is 3.08. The van der Waals surface area contributed by atoms with Gasteiger partial charge in [-0.25, -0.2) is 0 Å². The third-order valence-electron chi connectivity index (χ3n) is 4.07. The molecule has 1 atom stereocenters. The average molecular weight is 303 g/mol. The summed E-state index contributed by atoms with van der Waals surface area (Å²) in [4.78, 5) is 24.9. The summed E-state index contributed by atoms with van der Waals surface area (Å²) in [6.45, 7) is 6.21. The Morgan fingerprint density at radius 3 is 2.73 bits per heavy atom. The molecule has 0 aromatic heterocycles. The Labute approximate surface area is 132 Å². The maximum atomic E-state index is 12.4. The smallest absolute Gasteiger partial charge is 0.303 e. The molecule has 2 rings (SSSR count). The summed E-state index contributed by atoms with van der Waals surface area (Å²) in [5.74, 6) is -0.195. The van der Waals surface area contributed by atoms with E-state index in [9.17, 15) is 9.59 Å². The van der Waals surface area contributed by atoms with E-state index < -0.39 is 5.97 Å². The van der Waals surface area contributed by atoms with Crippen molar-refractivity contribution in [2.45, 2.75) is 58.9 Å². The van der Waals surface area contributed by atoms with Crippen molar-refractivity contribution in [3.8, 4) is 0 Å². The number of anilines is 1. The molecule has 1 unspecified atom stereocenters. The molecule has 22 heavy (non-hydrogen) atoms. The fourth-order valence-electron chi connectivity index (χ4n) is 3.11. The summed E-state index contributed by atoms with van der Waals surface area (Å²) < 4.78 is 0. The zero-order valence-corrected chi connectivity index (χ0v) is 13.6. The van der Waals surface area contributed by atoms with Crippen molar-refractivity contribution in [3.05, 3.63) is 29.3 Å². The molecule has 1 aromatic rings. The molecule has 120 valence electrons. The minimum Gasteiger partial charge on any atom is -0.481 e. The van der Waals surface area contributed by atoms with Gasteiger partial charge in [-0.15, -0.1) is 0 Å². The SMILES string of the molecule is CC(C)CC(=O)N1c2ccc(CCCC(=O)O)cc2CC1C. The third-order valence-corrected chi connectivity index (χ3v) is 4.07. The van der Waals surface area contributed by atoms with Gasteiger partial charge in [0.2, 0.25) is 5.91 Å². The van der Waals surface area contributed by atoms with Crippen LogP contribution in [0.5, 0.6) is 0 Å². The number of benzene rings is 1. The first-order chi connectivity index (χ1) is 10.4. The monoisotopic (exact) mass is 303 g/mol. The number of hydrogen-bond donors (Lipinski definition) is 1. The Morgan fingerprint density at radius 1 is 1.36 bits per heavy atom. The molecule has 0 fully saturated rings. The molecule has 0 saturated carbocycles. The second-order valence-electron chi connectivity index (χ2n) is 6.63. The fourth-order valence-corrected chi connectivity index (χ4v) is 3.11. The van der Waals surface area contributed by atoms with E-state index in [1.807, 2.05) is 17.0 Å². The lowest BCUT2D eigenvalue weighted by atomic mass is 10.0. The first-order valence-electron chi connectivity index (χ1n) is 8.04. The van der Waals surface area contributed by atoms with Gasteiger partial charge in [0.1, 0.15) is 0 Å². The molecule has 0 aliphatic carbocycles. The maximum Gasteiger partial charge on any atom is 0.303 e. The Balaban J connectivity index is 2.10. The molecule has 0 saturated heterocycles. The van der Waals surface area contributed by atoms with Crippen molar-refractivity contribution in [1.82, 2.24) is 0 Å². The van der Waals surface area contributed by atoms with E-state index in [2.05, 4.69) is 26.8 Å². The maximum absolute atomic E-state index is 12.4. The summed E-state index contributed by atoms with van der Waals surface area (Å²) in [6, 6.07) is 6.38. The number of carbonyl (C=O) groups excluding carboxylic acids is 1. The number of rotatable bonds is 6. The zero-order chi connectivity index (χ0) is 16.3. The van der Waals surface area contributed by atoms with Gasteiger partial charge < -0.3 is 10.0 Å². The van der Waals surface area contributed by atoms with E-state index in [4.69, 9.17) is 5.11 Å². The van der Waals surface area contributed by atoms with Crippen molar-refractivity contribution in [2.24, 2.45) is 5.92 Å². The summed E-state index contributed by atoms with van der Waals surface area (Å²) >= 11 is 0. The van der Waals surface area contributed by atoms with E-state index in [0.29, 0.717) is 18.8 Å². The van der Waals surface area contributed by atoms with E-state index in [1.165, 1.54) is 5.56 Å². The molecule has 0 bridgehead atoms. The highest BCUT2D eigenvalue weighted by molar-refractivity contribution is 5.96. The Morgan fingerprint density at radius 2 is 2.09 bits per heavy atom. The number of nitrogens with zero attached hydrogens (tertiary/aromatic N) is 1. The minimum absolute atomic E-state index is 0.194. The minimum atomic E-state index is -0.750. The second-order valence-corrected chi connectivity index (χ2v) is 6.63. The highest BCUT2D eigenvalue weighted by Gasteiger charge is 2.30. The van der Waals surface area contributed by atoms with Crippen molar-refractivity contribution in [2.75, 3.05) is 4.90 Å². The predicted molar refractivity (Wildman–Crippen MR) is 87.1 cm³/mol. The summed E-state index contributed by atoms with van der Waals surface area (Å²) in [5, 5.41) is 8.70. The molecular formula is C18H25NO3. The Kier molecular flexibility index (Phi) is 5.22. The van der Waals surface area contributed by atoms with Crippen LogP contribution >= 0.6 is 0 Å². The van der Waals surface area contributed by atoms with Gasteiger partial charge in [0.05, 0.1) is 0 Å². The lowest BCUT2D eigenvalue weighted by molar-refractivity contribution is -0.137. The fraction of sp³-hybridized carbons (Fsp3) is 0.556. The number of hydrogen-bond acceptors (Lipinski definition) is 2. The van der Waals surface area contributed by atoms with E-state index in [1.54, 1.807) is 0 Å². The predicted octanol–water partition coefficient (Wildman–Crippen LogP) is 3.42. The zero-order valence-electron chi connectivity index (χ0n) is 13.6. The van der Waals surface area contributed by atoms with Crippen LogP contribution in [0, 0.1) is 5.92 Å². The van der Waals surface area contributed by atoms with Crippen LogP contribution in [0.2, 0.25) is 0 Å². The number of carboxylic acids is 1. The molecule has 1 N–H and O–H groups in total. The Bertz CT molecular complexity index is 565. The van der Waals surface area contributed by atoms with Crippen LogP contribution < -0.4 is 4.90 Å². The van der Waals surface area contributed by atoms with Crippen LogP contribution in [0.25, 0.3) is 0 Å². The molecule has 1 heterocycles. The second kappa shape index (κ2) is 6.95. The van der Waals surface area contributed by atoms with Crippen LogP contribution in [0.4, 0.5) is 5.69 Å². The van der Waals surface area contributed by atoms with Gasteiger partial charge in [0.25, 0.3) is 0 Å². The van der Waals surface area contributed by atoms with Crippen LogP contribution in [0.3, 0.4) is 0 Å². The van der Waals surface area contributed by atoms with Crippen molar-refractivity contribution in [1.29, 1.82) is 0 Å². The van der Waals surface area contributed by atoms with Crippen molar-refractivity contribution < 1.29 is 14.7 Å². The molecule has 4 heteroatoms. The molecular weight excluding hydrogens is 278 g/mol. The molecule has 1 aromatic carbocycles. The van der Waals surface area contributed by atoms with Gasteiger partial charge >= 0.3 is 5.97 Å². The lowest BCUT2D eigenvalue weighted by Gasteiger charge is -2.23. The first kappa shape index (κ1) is 16.5. The molecule has 1 amide bonds.